The topological polar surface area (TPSA) is 86.6 Å². The summed E-state index contributed by atoms with van der Waals surface area (Å²) in [5.74, 6) is -1.14. The number of alkyl halides is 1. The SMILES string of the molecule is O=C(O)CCCCCCCNC(=O)C1CCC(Cl)CC1O. The number of aliphatic carboxylic acids is 1. The minimum Gasteiger partial charge on any atom is -0.481 e. The molecule has 3 atom stereocenters. The van der Waals surface area contributed by atoms with Gasteiger partial charge < -0.3 is 15.5 Å². The number of hydrogen-bond acceptors (Lipinski definition) is 3. The minimum absolute atomic E-state index is 0.0187. The van der Waals surface area contributed by atoms with Gasteiger partial charge in [-0.25, -0.2) is 0 Å². The molecule has 21 heavy (non-hydrogen) atoms. The smallest absolute Gasteiger partial charge is 0.303 e. The van der Waals surface area contributed by atoms with Crippen molar-refractivity contribution in [2.45, 2.75) is 69.3 Å². The second kappa shape index (κ2) is 10.0. The van der Waals surface area contributed by atoms with Crippen molar-refractivity contribution in [1.29, 1.82) is 0 Å². The summed E-state index contributed by atoms with van der Waals surface area (Å²) in [6.07, 6.45) is 6.02. The van der Waals surface area contributed by atoms with Crippen LogP contribution in [-0.2, 0) is 9.59 Å². The first-order chi connectivity index (χ1) is 10.0. The predicted octanol–water partition coefficient (Wildman–Crippen LogP) is 2.30. The zero-order valence-corrected chi connectivity index (χ0v) is 13.1. The number of carboxylic acid groups (broad SMARTS) is 1. The van der Waals surface area contributed by atoms with Crippen LogP contribution < -0.4 is 5.32 Å². The van der Waals surface area contributed by atoms with E-state index in [1.165, 1.54) is 0 Å². The summed E-state index contributed by atoms with van der Waals surface area (Å²) >= 11 is 5.96. The number of carbonyl (C=O) groups excluding carboxylic acids is 1. The fourth-order valence-electron chi connectivity index (χ4n) is 2.68. The maximum absolute atomic E-state index is 11.9. The average Bonchev–Trinajstić information content (AvgIpc) is 2.41. The van der Waals surface area contributed by atoms with Crippen LogP contribution in [0.5, 0.6) is 0 Å². The molecule has 1 saturated carbocycles. The summed E-state index contributed by atoms with van der Waals surface area (Å²) in [6, 6.07) is 0. The summed E-state index contributed by atoms with van der Waals surface area (Å²) in [4.78, 5) is 22.3. The second-order valence-electron chi connectivity index (χ2n) is 5.79. The molecule has 0 spiro atoms. The molecular formula is C15H26ClNO4. The van der Waals surface area contributed by atoms with Crippen LogP contribution in [0.15, 0.2) is 0 Å². The summed E-state index contributed by atoms with van der Waals surface area (Å²) < 4.78 is 0. The Morgan fingerprint density at radius 3 is 2.43 bits per heavy atom. The number of aliphatic hydroxyl groups excluding tert-OH is 1. The lowest BCUT2D eigenvalue weighted by molar-refractivity contribution is -0.137. The van der Waals surface area contributed by atoms with Crippen LogP contribution in [0.1, 0.15) is 57.8 Å². The molecular weight excluding hydrogens is 294 g/mol. The number of aliphatic hydroxyl groups is 1. The van der Waals surface area contributed by atoms with Gasteiger partial charge >= 0.3 is 5.97 Å². The van der Waals surface area contributed by atoms with Gasteiger partial charge in [0, 0.05) is 18.3 Å². The van der Waals surface area contributed by atoms with E-state index in [0.29, 0.717) is 19.4 Å². The molecule has 1 aliphatic rings. The quantitative estimate of drug-likeness (QED) is 0.449. The third-order valence-electron chi connectivity index (χ3n) is 3.96. The summed E-state index contributed by atoms with van der Waals surface area (Å²) in [7, 11) is 0. The molecule has 1 aliphatic carbocycles. The Bertz CT molecular complexity index is 338. The van der Waals surface area contributed by atoms with Gasteiger partial charge in [-0.05, 0) is 32.1 Å². The lowest BCUT2D eigenvalue weighted by atomic mass is 9.85. The van der Waals surface area contributed by atoms with Crippen molar-refractivity contribution in [3.63, 3.8) is 0 Å². The third-order valence-corrected chi connectivity index (χ3v) is 4.35. The molecule has 122 valence electrons. The molecule has 0 aliphatic heterocycles. The van der Waals surface area contributed by atoms with Crippen molar-refractivity contribution < 1.29 is 19.8 Å². The van der Waals surface area contributed by atoms with E-state index in [1.807, 2.05) is 0 Å². The number of hydrogen-bond donors (Lipinski definition) is 3. The first-order valence-corrected chi connectivity index (χ1v) is 8.26. The van der Waals surface area contributed by atoms with Gasteiger partial charge in [0.05, 0.1) is 12.0 Å². The van der Waals surface area contributed by atoms with Gasteiger partial charge in [0.15, 0.2) is 0 Å². The zero-order valence-electron chi connectivity index (χ0n) is 12.4. The van der Waals surface area contributed by atoms with E-state index in [2.05, 4.69) is 5.32 Å². The number of nitrogens with one attached hydrogen (secondary N) is 1. The van der Waals surface area contributed by atoms with Gasteiger partial charge in [0.2, 0.25) is 5.91 Å². The van der Waals surface area contributed by atoms with Gasteiger partial charge in [0.1, 0.15) is 0 Å². The number of amides is 1. The van der Waals surface area contributed by atoms with Crippen molar-refractivity contribution in [1.82, 2.24) is 5.32 Å². The van der Waals surface area contributed by atoms with Crippen molar-refractivity contribution >= 4 is 23.5 Å². The normalized spacial score (nSPS) is 25.5. The number of unbranched alkanes of at least 4 members (excludes halogenated alkanes) is 4. The molecule has 1 fully saturated rings. The largest absolute Gasteiger partial charge is 0.481 e. The maximum Gasteiger partial charge on any atom is 0.303 e. The molecule has 0 saturated heterocycles. The highest BCUT2D eigenvalue weighted by molar-refractivity contribution is 6.20. The van der Waals surface area contributed by atoms with Crippen molar-refractivity contribution in [2.75, 3.05) is 6.54 Å². The minimum atomic E-state index is -0.743. The van der Waals surface area contributed by atoms with Gasteiger partial charge in [-0.3, -0.25) is 9.59 Å². The van der Waals surface area contributed by atoms with E-state index >= 15 is 0 Å². The lowest BCUT2D eigenvalue weighted by Gasteiger charge is -2.29. The van der Waals surface area contributed by atoms with Crippen molar-refractivity contribution in [3.8, 4) is 0 Å². The molecule has 0 aromatic heterocycles. The number of halogens is 1. The van der Waals surface area contributed by atoms with Crippen LogP contribution in [0, 0.1) is 5.92 Å². The Morgan fingerprint density at radius 1 is 1.10 bits per heavy atom. The summed E-state index contributed by atoms with van der Waals surface area (Å²) in [5, 5.41) is 21.2. The van der Waals surface area contributed by atoms with E-state index in [9.17, 15) is 14.7 Å². The molecule has 0 aromatic carbocycles. The molecule has 1 amide bonds. The number of carbonyl (C=O) groups is 2. The average molecular weight is 320 g/mol. The van der Waals surface area contributed by atoms with E-state index < -0.39 is 12.1 Å². The fourth-order valence-corrected chi connectivity index (χ4v) is 2.99. The zero-order chi connectivity index (χ0) is 15.7. The van der Waals surface area contributed by atoms with Crippen LogP contribution in [0.3, 0.4) is 0 Å². The van der Waals surface area contributed by atoms with Gasteiger partial charge in [-0.2, -0.15) is 0 Å². The van der Waals surface area contributed by atoms with Crippen LogP contribution in [0.2, 0.25) is 0 Å². The van der Waals surface area contributed by atoms with E-state index in [-0.39, 0.29) is 23.6 Å². The number of carboxylic acids is 1. The van der Waals surface area contributed by atoms with E-state index in [1.54, 1.807) is 0 Å². The standard InChI is InChI=1S/C15H26ClNO4/c16-11-7-8-12(13(18)10-11)15(21)17-9-5-3-1-2-4-6-14(19)20/h11-13,18H,1-10H2,(H,17,21)(H,19,20). The van der Waals surface area contributed by atoms with Crippen LogP contribution in [0.25, 0.3) is 0 Å². The van der Waals surface area contributed by atoms with Gasteiger partial charge in [-0.1, -0.05) is 19.3 Å². The highest BCUT2D eigenvalue weighted by atomic mass is 35.5. The highest BCUT2D eigenvalue weighted by Gasteiger charge is 2.32. The molecule has 0 radical (unpaired) electrons. The molecule has 1 rings (SSSR count). The molecule has 0 bridgehead atoms. The Labute approximate surface area is 131 Å². The molecule has 5 nitrogen and oxygen atoms in total. The first-order valence-electron chi connectivity index (χ1n) is 7.82. The van der Waals surface area contributed by atoms with Crippen molar-refractivity contribution in [2.24, 2.45) is 5.92 Å². The fraction of sp³-hybridized carbons (Fsp3) is 0.867. The first kappa shape index (κ1) is 18.2. The van der Waals surface area contributed by atoms with Gasteiger partial charge in [0.25, 0.3) is 0 Å². The van der Waals surface area contributed by atoms with Crippen LogP contribution in [-0.4, -0.2) is 40.1 Å². The Hall–Kier alpha value is -0.810. The van der Waals surface area contributed by atoms with Crippen LogP contribution in [0.4, 0.5) is 0 Å². The van der Waals surface area contributed by atoms with E-state index in [4.69, 9.17) is 16.7 Å². The monoisotopic (exact) mass is 319 g/mol. The van der Waals surface area contributed by atoms with Crippen molar-refractivity contribution in [3.05, 3.63) is 0 Å². The Morgan fingerprint density at radius 2 is 1.76 bits per heavy atom. The maximum atomic E-state index is 11.9. The Balaban J connectivity index is 2.02. The third kappa shape index (κ3) is 7.67. The molecule has 0 aromatic rings. The number of rotatable bonds is 9. The molecule has 6 heteroatoms. The Kier molecular flexibility index (Phi) is 8.69. The molecule has 3 unspecified atom stereocenters. The second-order valence-corrected chi connectivity index (χ2v) is 6.40. The summed E-state index contributed by atoms with van der Waals surface area (Å²) in [5.41, 5.74) is 0. The molecule has 0 heterocycles. The lowest BCUT2D eigenvalue weighted by Crippen LogP contribution is -2.41. The summed E-state index contributed by atoms with van der Waals surface area (Å²) in [6.45, 7) is 0.616. The highest BCUT2D eigenvalue weighted by Crippen LogP contribution is 2.28. The van der Waals surface area contributed by atoms with Gasteiger partial charge in [-0.15, -0.1) is 11.6 Å². The van der Waals surface area contributed by atoms with E-state index in [0.717, 1.165) is 38.5 Å². The van der Waals surface area contributed by atoms with Crippen LogP contribution >= 0.6 is 11.6 Å². The molecule has 3 N–H and O–H groups in total. The predicted molar refractivity (Wildman–Crippen MR) is 81.3 cm³/mol.